The number of hydrogen-bond acceptors (Lipinski definition) is 6. The minimum atomic E-state index is -0.190. The molecule has 2 aromatic carbocycles. The molecule has 7 heteroatoms. The van der Waals surface area contributed by atoms with Crippen molar-refractivity contribution in [1.29, 1.82) is 0 Å². The van der Waals surface area contributed by atoms with Crippen LogP contribution in [0.2, 0.25) is 0 Å². The zero-order chi connectivity index (χ0) is 23.0. The number of ether oxygens (including phenoxy) is 2. The Kier molecular flexibility index (Phi) is 7.40. The number of hydrogen-bond donors (Lipinski definition) is 1. The van der Waals surface area contributed by atoms with Crippen LogP contribution in [0.5, 0.6) is 11.5 Å². The zero-order valence-electron chi connectivity index (χ0n) is 19.1. The smallest absolute Gasteiger partial charge is 0.254 e. The lowest BCUT2D eigenvalue weighted by Gasteiger charge is -2.33. The maximum atomic E-state index is 12.6. The summed E-state index contributed by atoms with van der Waals surface area (Å²) in [4.78, 5) is 23.7. The fourth-order valence-electron chi connectivity index (χ4n) is 3.92. The Morgan fingerprint density at radius 3 is 2.52 bits per heavy atom. The number of carbonyl (C=O) groups excluding carboxylic acids is 1. The van der Waals surface area contributed by atoms with Crippen LogP contribution in [-0.2, 0) is 0 Å². The minimum absolute atomic E-state index is 0.0126. The molecule has 1 aliphatic heterocycles. The van der Waals surface area contributed by atoms with Crippen LogP contribution in [0, 0.1) is 0 Å². The predicted octanol–water partition coefficient (Wildman–Crippen LogP) is 4.41. The first kappa shape index (κ1) is 22.6. The Balaban J connectivity index is 1.37. The lowest BCUT2D eigenvalue weighted by Crippen LogP contribution is -2.42. The molecule has 1 aromatic heterocycles. The fraction of sp³-hybridized carbons (Fsp3) is 0.346. The molecule has 1 amide bonds. The highest BCUT2D eigenvalue weighted by Gasteiger charge is 2.24. The number of rotatable bonds is 8. The van der Waals surface area contributed by atoms with E-state index in [0.29, 0.717) is 24.7 Å². The quantitative estimate of drug-likeness (QED) is 0.552. The topological polar surface area (TPSA) is 76.6 Å². The average molecular weight is 447 g/mol. The van der Waals surface area contributed by atoms with Crippen LogP contribution >= 0.6 is 0 Å². The van der Waals surface area contributed by atoms with Crippen molar-refractivity contribution in [2.24, 2.45) is 0 Å². The number of amides is 1. The van der Waals surface area contributed by atoms with Crippen molar-refractivity contribution in [3.05, 3.63) is 78.1 Å². The monoisotopic (exact) mass is 446 g/mol. The Labute approximate surface area is 194 Å². The van der Waals surface area contributed by atoms with Gasteiger partial charge in [-0.25, -0.2) is 9.97 Å². The molecule has 3 aromatic rings. The van der Waals surface area contributed by atoms with E-state index in [1.807, 2.05) is 68.4 Å². The number of para-hydroxylation sites is 2. The minimum Gasteiger partial charge on any atom is -0.490 e. The van der Waals surface area contributed by atoms with Crippen LogP contribution in [0.25, 0.3) is 0 Å². The van der Waals surface area contributed by atoms with Crippen molar-refractivity contribution in [3.63, 3.8) is 0 Å². The third-order valence-corrected chi connectivity index (χ3v) is 5.65. The molecule has 0 bridgehead atoms. The Hall–Kier alpha value is -3.61. The lowest BCUT2D eigenvalue weighted by molar-refractivity contribution is 0.0939. The maximum absolute atomic E-state index is 12.6. The summed E-state index contributed by atoms with van der Waals surface area (Å²) < 4.78 is 11.9. The Bertz CT molecular complexity index is 1040. The van der Waals surface area contributed by atoms with E-state index in [2.05, 4.69) is 20.2 Å². The second kappa shape index (κ2) is 10.8. The molecule has 1 fully saturated rings. The van der Waals surface area contributed by atoms with Gasteiger partial charge < -0.3 is 19.7 Å². The van der Waals surface area contributed by atoms with Crippen LogP contribution in [0.1, 0.15) is 48.7 Å². The number of aromatic nitrogens is 2. The molecule has 0 unspecified atom stereocenters. The van der Waals surface area contributed by atoms with Crippen LogP contribution in [0.15, 0.2) is 67.0 Å². The van der Waals surface area contributed by atoms with Crippen molar-refractivity contribution < 1.29 is 14.3 Å². The molecule has 1 saturated heterocycles. The molecule has 0 radical (unpaired) electrons. The van der Waals surface area contributed by atoms with Gasteiger partial charge in [-0.15, -0.1) is 0 Å². The van der Waals surface area contributed by atoms with Gasteiger partial charge in [0.05, 0.1) is 24.8 Å². The second-order valence-corrected chi connectivity index (χ2v) is 8.09. The van der Waals surface area contributed by atoms with E-state index in [1.165, 1.54) is 0 Å². The average Bonchev–Trinajstić information content (AvgIpc) is 2.86. The number of nitrogens with one attached hydrogen (secondary N) is 1. The van der Waals surface area contributed by atoms with E-state index >= 15 is 0 Å². The highest BCUT2D eigenvalue weighted by molar-refractivity contribution is 5.93. The van der Waals surface area contributed by atoms with Gasteiger partial charge in [-0.2, -0.15) is 0 Å². The van der Waals surface area contributed by atoms with Gasteiger partial charge in [-0.3, -0.25) is 4.79 Å². The summed E-state index contributed by atoms with van der Waals surface area (Å²) >= 11 is 0. The summed E-state index contributed by atoms with van der Waals surface area (Å²) in [5.74, 6) is 1.93. The van der Waals surface area contributed by atoms with E-state index < -0.39 is 0 Å². The number of carbonyl (C=O) groups is 1. The third kappa shape index (κ3) is 5.80. The molecule has 0 aliphatic carbocycles. The van der Waals surface area contributed by atoms with Crippen molar-refractivity contribution in [1.82, 2.24) is 15.3 Å². The number of piperidine rings is 1. The van der Waals surface area contributed by atoms with Gasteiger partial charge in [0.1, 0.15) is 6.10 Å². The number of anilines is 1. The van der Waals surface area contributed by atoms with E-state index in [-0.39, 0.29) is 18.1 Å². The molecular formula is C26H30N4O3. The normalized spacial score (nSPS) is 16.7. The fourth-order valence-corrected chi connectivity index (χ4v) is 3.92. The molecular weight excluding hydrogens is 416 g/mol. The highest BCUT2D eigenvalue weighted by Crippen LogP contribution is 2.29. The summed E-state index contributed by atoms with van der Waals surface area (Å²) in [5, 5.41) is 3.00. The largest absolute Gasteiger partial charge is 0.490 e. The number of benzene rings is 2. The predicted molar refractivity (Wildman–Crippen MR) is 128 cm³/mol. The van der Waals surface area contributed by atoms with Gasteiger partial charge in [0.25, 0.3) is 5.91 Å². The van der Waals surface area contributed by atoms with E-state index in [0.717, 1.165) is 36.4 Å². The van der Waals surface area contributed by atoms with Crippen molar-refractivity contribution >= 4 is 11.9 Å². The van der Waals surface area contributed by atoms with Crippen LogP contribution < -0.4 is 19.7 Å². The van der Waals surface area contributed by atoms with Gasteiger partial charge in [-0.1, -0.05) is 42.5 Å². The third-order valence-electron chi connectivity index (χ3n) is 5.65. The van der Waals surface area contributed by atoms with Gasteiger partial charge in [-0.05, 0) is 44.4 Å². The lowest BCUT2D eigenvalue weighted by atomic mass is 10.1. The van der Waals surface area contributed by atoms with Crippen LogP contribution in [0.4, 0.5) is 5.95 Å². The molecule has 172 valence electrons. The van der Waals surface area contributed by atoms with E-state index in [1.54, 1.807) is 12.4 Å². The highest BCUT2D eigenvalue weighted by atomic mass is 16.5. The van der Waals surface area contributed by atoms with Gasteiger partial charge >= 0.3 is 0 Å². The maximum Gasteiger partial charge on any atom is 0.254 e. The summed E-state index contributed by atoms with van der Waals surface area (Å²) in [6.45, 7) is 6.04. The van der Waals surface area contributed by atoms with E-state index in [9.17, 15) is 4.79 Å². The summed E-state index contributed by atoms with van der Waals surface area (Å²) in [7, 11) is 0. The standard InChI is InChI=1S/C26H30N4O3/c1-3-32-23-13-7-8-14-24(23)33-22-12-9-15-30(18-22)26-27-16-21(17-28-26)25(31)29-19(2)20-10-5-4-6-11-20/h4-8,10-11,13-14,16-17,19,22H,3,9,12,15,18H2,1-2H3,(H,29,31)/t19-,22-/m1/s1. The van der Waals surface area contributed by atoms with Crippen molar-refractivity contribution in [2.75, 3.05) is 24.6 Å². The molecule has 0 spiro atoms. The molecule has 4 rings (SSSR count). The first-order valence-corrected chi connectivity index (χ1v) is 11.5. The molecule has 2 heterocycles. The van der Waals surface area contributed by atoms with Crippen LogP contribution in [0.3, 0.4) is 0 Å². The molecule has 1 aliphatic rings. The first-order chi connectivity index (χ1) is 16.1. The zero-order valence-corrected chi connectivity index (χ0v) is 19.1. The Morgan fingerprint density at radius 2 is 1.79 bits per heavy atom. The summed E-state index contributed by atoms with van der Waals surface area (Å²) in [5.41, 5.74) is 1.49. The van der Waals surface area contributed by atoms with Crippen LogP contribution in [-0.4, -0.2) is 41.7 Å². The van der Waals surface area contributed by atoms with Gasteiger partial charge in [0.15, 0.2) is 11.5 Å². The summed E-state index contributed by atoms with van der Waals surface area (Å²) in [6.07, 6.45) is 5.11. The summed E-state index contributed by atoms with van der Waals surface area (Å²) in [6, 6.07) is 17.5. The molecule has 1 N–H and O–H groups in total. The number of nitrogens with zero attached hydrogens (tertiary/aromatic N) is 3. The molecule has 2 atom stereocenters. The van der Waals surface area contributed by atoms with E-state index in [4.69, 9.17) is 9.47 Å². The molecule has 33 heavy (non-hydrogen) atoms. The van der Waals surface area contributed by atoms with Crippen molar-refractivity contribution in [3.8, 4) is 11.5 Å². The Morgan fingerprint density at radius 1 is 1.09 bits per heavy atom. The second-order valence-electron chi connectivity index (χ2n) is 8.09. The van der Waals surface area contributed by atoms with Gasteiger partial charge in [0.2, 0.25) is 5.95 Å². The molecule has 0 saturated carbocycles. The first-order valence-electron chi connectivity index (χ1n) is 11.5. The van der Waals surface area contributed by atoms with Gasteiger partial charge in [0, 0.05) is 18.9 Å². The molecule has 7 nitrogen and oxygen atoms in total. The van der Waals surface area contributed by atoms with Crippen molar-refractivity contribution in [2.45, 2.75) is 38.8 Å². The SMILES string of the molecule is CCOc1ccccc1O[C@@H]1CCCN(c2ncc(C(=O)N[C@H](C)c3ccccc3)cn2)C1.